The Bertz CT molecular complexity index is 764. The molecule has 3 heteroatoms. The van der Waals surface area contributed by atoms with Crippen molar-refractivity contribution in [3.8, 4) is 17.2 Å². The standard InChI is InChI=1S/C21H26O3/c1-5-9-24-19-12-16-17(11-18(19)23)21(4,13-20(16,2)3)14-7-6-8-15(22)10-14/h6-8,10-12,22-23H,5,9,13H2,1-4H3. The molecular formula is C21H26O3. The van der Waals surface area contributed by atoms with Crippen molar-refractivity contribution < 1.29 is 14.9 Å². The molecule has 0 saturated heterocycles. The topological polar surface area (TPSA) is 49.7 Å². The average molecular weight is 326 g/mol. The lowest BCUT2D eigenvalue weighted by Crippen LogP contribution is -2.23. The summed E-state index contributed by atoms with van der Waals surface area (Å²) >= 11 is 0. The summed E-state index contributed by atoms with van der Waals surface area (Å²) in [5.74, 6) is 1.02. The van der Waals surface area contributed by atoms with E-state index in [-0.39, 0.29) is 22.3 Å². The monoisotopic (exact) mass is 326 g/mol. The van der Waals surface area contributed by atoms with Crippen molar-refractivity contribution >= 4 is 0 Å². The van der Waals surface area contributed by atoms with Crippen molar-refractivity contribution in [2.45, 2.75) is 51.4 Å². The molecule has 2 aromatic rings. The minimum atomic E-state index is -0.252. The lowest BCUT2D eigenvalue weighted by molar-refractivity contribution is 0.298. The van der Waals surface area contributed by atoms with Gasteiger partial charge >= 0.3 is 0 Å². The SMILES string of the molecule is CCCOc1cc2c(cc1O)C(C)(c1cccc(O)c1)CC2(C)C. The van der Waals surface area contributed by atoms with Crippen molar-refractivity contribution in [1.82, 2.24) is 0 Å². The first-order valence-corrected chi connectivity index (χ1v) is 8.58. The van der Waals surface area contributed by atoms with Gasteiger partial charge in [-0.25, -0.2) is 0 Å². The van der Waals surface area contributed by atoms with Gasteiger partial charge in [-0.3, -0.25) is 0 Å². The highest BCUT2D eigenvalue weighted by molar-refractivity contribution is 5.58. The van der Waals surface area contributed by atoms with Crippen LogP contribution in [0.2, 0.25) is 0 Å². The number of benzene rings is 2. The van der Waals surface area contributed by atoms with Gasteiger partial charge in [0.1, 0.15) is 5.75 Å². The van der Waals surface area contributed by atoms with E-state index in [0.717, 1.165) is 24.0 Å². The summed E-state index contributed by atoms with van der Waals surface area (Å²) in [5.41, 5.74) is 3.10. The van der Waals surface area contributed by atoms with E-state index in [4.69, 9.17) is 4.74 Å². The molecule has 1 aliphatic rings. The van der Waals surface area contributed by atoms with Gasteiger partial charge in [-0.15, -0.1) is 0 Å². The number of phenolic OH excluding ortho intramolecular Hbond substituents is 2. The third-order valence-electron chi connectivity index (χ3n) is 5.16. The minimum absolute atomic E-state index is 0.0342. The molecular weight excluding hydrogens is 300 g/mol. The Balaban J connectivity index is 2.15. The second-order valence-electron chi connectivity index (χ2n) is 7.66. The number of rotatable bonds is 4. The molecule has 0 fully saturated rings. The van der Waals surface area contributed by atoms with Crippen LogP contribution in [0, 0.1) is 0 Å². The summed E-state index contributed by atoms with van der Waals surface area (Å²) in [6.45, 7) is 9.27. The summed E-state index contributed by atoms with van der Waals surface area (Å²) in [5, 5.41) is 20.3. The second kappa shape index (κ2) is 5.73. The van der Waals surface area contributed by atoms with Gasteiger partial charge in [-0.1, -0.05) is 39.8 Å². The number of aromatic hydroxyl groups is 2. The third-order valence-corrected chi connectivity index (χ3v) is 5.16. The third kappa shape index (κ3) is 2.62. The zero-order valence-corrected chi connectivity index (χ0v) is 14.9. The summed E-state index contributed by atoms with van der Waals surface area (Å²) < 4.78 is 5.71. The molecule has 0 amide bonds. The Labute approximate surface area is 143 Å². The summed E-state index contributed by atoms with van der Waals surface area (Å²) in [7, 11) is 0. The highest BCUT2D eigenvalue weighted by Crippen LogP contribution is 2.55. The Morgan fingerprint density at radius 2 is 1.79 bits per heavy atom. The van der Waals surface area contributed by atoms with E-state index in [9.17, 15) is 10.2 Å². The first-order chi connectivity index (χ1) is 11.3. The predicted octanol–water partition coefficient (Wildman–Crippen LogP) is 4.87. The van der Waals surface area contributed by atoms with Crippen molar-refractivity contribution in [2.24, 2.45) is 0 Å². The Kier molecular flexibility index (Phi) is 3.98. The van der Waals surface area contributed by atoms with Crippen molar-refractivity contribution in [3.05, 3.63) is 53.1 Å². The average Bonchev–Trinajstić information content (AvgIpc) is 2.72. The number of fused-ring (bicyclic) bond motifs is 1. The molecule has 0 spiro atoms. The van der Waals surface area contributed by atoms with E-state index in [1.165, 1.54) is 5.56 Å². The van der Waals surface area contributed by atoms with Crippen LogP contribution in [0.25, 0.3) is 0 Å². The number of hydrogen-bond donors (Lipinski definition) is 2. The Morgan fingerprint density at radius 3 is 2.46 bits per heavy atom. The molecule has 1 unspecified atom stereocenters. The van der Waals surface area contributed by atoms with E-state index in [1.807, 2.05) is 37.3 Å². The zero-order chi connectivity index (χ0) is 17.5. The summed E-state index contributed by atoms with van der Waals surface area (Å²) in [6.07, 6.45) is 1.82. The van der Waals surface area contributed by atoms with Crippen molar-refractivity contribution in [1.29, 1.82) is 0 Å². The van der Waals surface area contributed by atoms with Crippen LogP contribution >= 0.6 is 0 Å². The molecule has 2 N–H and O–H groups in total. The van der Waals surface area contributed by atoms with Crippen LogP contribution < -0.4 is 4.74 Å². The fourth-order valence-electron chi connectivity index (χ4n) is 4.09. The molecule has 1 aliphatic carbocycles. The molecule has 0 aromatic heterocycles. The van der Waals surface area contributed by atoms with E-state index in [1.54, 1.807) is 6.07 Å². The molecule has 0 heterocycles. The van der Waals surface area contributed by atoms with E-state index in [0.29, 0.717) is 12.4 Å². The predicted molar refractivity (Wildman–Crippen MR) is 96.1 cm³/mol. The molecule has 0 bridgehead atoms. The molecule has 1 atom stereocenters. The maximum absolute atomic E-state index is 10.4. The van der Waals surface area contributed by atoms with Gasteiger partial charge in [0.05, 0.1) is 6.61 Å². The van der Waals surface area contributed by atoms with Crippen LogP contribution in [0.15, 0.2) is 36.4 Å². The lowest BCUT2D eigenvalue weighted by atomic mass is 9.75. The van der Waals surface area contributed by atoms with Gasteiger partial charge < -0.3 is 14.9 Å². The van der Waals surface area contributed by atoms with Gasteiger partial charge in [0.2, 0.25) is 0 Å². The quantitative estimate of drug-likeness (QED) is 0.842. The number of ether oxygens (including phenoxy) is 1. The molecule has 0 saturated carbocycles. The largest absolute Gasteiger partial charge is 0.508 e. The summed E-state index contributed by atoms with van der Waals surface area (Å²) in [6, 6.07) is 11.3. The molecule has 2 aromatic carbocycles. The molecule has 24 heavy (non-hydrogen) atoms. The van der Waals surface area contributed by atoms with Crippen LogP contribution in [0.4, 0.5) is 0 Å². The fourth-order valence-corrected chi connectivity index (χ4v) is 4.09. The van der Waals surface area contributed by atoms with Crippen LogP contribution in [-0.2, 0) is 10.8 Å². The minimum Gasteiger partial charge on any atom is -0.508 e. The van der Waals surface area contributed by atoms with Crippen molar-refractivity contribution in [3.63, 3.8) is 0 Å². The molecule has 3 nitrogen and oxygen atoms in total. The first-order valence-electron chi connectivity index (χ1n) is 8.58. The van der Waals surface area contributed by atoms with E-state index in [2.05, 4.69) is 20.8 Å². The molecule has 128 valence electrons. The van der Waals surface area contributed by atoms with E-state index < -0.39 is 0 Å². The van der Waals surface area contributed by atoms with Gasteiger partial charge in [0.15, 0.2) is 11.5 Å². The Morgan fingerprint density at radius 1 is 1.04 bits per heavy atom. The van der Waals surface area contributed by atoms with Gasteiger partial charge in [-0.05, 0) is 59.2 Å². The summed E-state index contributed by atoms with van der Waals surface area (Å²) in [4.78, 5) is 0. The highest BCUT2D eigenvalue weighted by atomic mass is 16.5. The molecule has 0 radical (unpaired) electrons. The zero-order valence-electron chi connectivity index (χ0n) is 14.9. The van der Waals surface area contributed by atoms with Gasteiger partial charge in [-0.2, -0.15) is 0 Å². The van der Waals surface area contributed by atoms with Gasteiger partial charge in [0, 0.05) is 5.41 Å². The highest BCUT2D eigenvalue weighted by Gasteiger charge is 2.46. The number of phenols is 2. The van der Waals surface area contributed by atoms with Crippen LogP contribution in [0.1, 0.15) is 57.2 Å². The molecule has 3 rings (SSSR count). The van der Waals surface area contributed by atoms with Crippen LogP contribution in [-0.4, -0.2) is 16.8 Å². The number of hydrogen-bond acceptors (Lipinski definition) is 3. The normalized spacial score (nSPS) is 21.5. The Hall–Kier alpha value is -2.16. The first kappa shape index (κ1) is 16.7. The van der Waals surface area contributed by atoms with E-state index >= 15 is 0 Å². The maximum Gasteiger partial charge on any atom is 0.161 e. The fraction of sp³-hybridized carbons (Fsp3) is 0.429. The lowest BCUT2D eigenvalue weighted by Gasteiger charge is -2.28. The van der Waals surface area contributed by atoms with Crippen LogP contribution in [0.5, 0.6) is 17.2 Å². The van der Waals surface area contributed by atoms with Crippen LogP contribution in [0.3, 0.4) is 0 Å². The maximum atomic E-state index is 10.4. The molecule has 0 aliphatic heterocycles. The second-order valence-corrected chi connectivity index (χ2v) is 7.66. The smallest absolute Gasteiger partial charge is 0.161 e. The van der Waals surface area contributed by atoms with Gasteiger partial charge in [0.25, 0.3) is 0 Å². The van der Waals surface area contributed by atoms with Crippen molar-refractivity contribution in [2.75, 3.05) is 6.61 Å².